The number of halogens is 1. The monoisotopic (exact) mass is 336 g/mol. The number of nitrogens with zero attached hydrogens (tertiary/aromatic N) is 1. The molecule has 4 heteroatoms. The minimum absolute atomic E-state index is 0.171. The highest BCUT2D eigenvalue weighted by Crippen LogP contribution is 2.30. The number of hydrogen-bond acceptors (Lipinski definition) is 3. The molecule has 2 nitrogen and oxygen atoms in total. The zero-order chi connectivity index (χ0) is 13.8. The predicted octanol–water partition coefficient (Wildman–Crippen LogP) is 4.19. The van der Waals surface area contributed by atoms with Crippen molar-refractivity contribution in [2.24, 2.45) is 5.73 Å². The zero-order valence-corrected chi connectivity index (χ0v) is 13.5. The van der Waals surface area contributed by atoms with E-state index >= 15 is 0 Å². The van der Waals surface area contributed by atoms with Crippen LogP contribution in [0.4, 0.5) is 0 Å². The summed E-state index contributed by atoms with van der Waals surface area (Å²) in [6, 6.07) is 10.6. The summed E-state index contributed by atoms with van der Waals surface area (Å²) in [4.78, 5) is 5.73. The van der Waals surface area contributed by atoms with Gasteiger partial charge in [-0.2, -0.15) is 0 Å². The number of aryl methyl sites for hydroxylation is 1. The van der Waals surface area contributed by atoms with Crippen molar-refractivity contribution in [3.8, 4) is 0 Å². The first-order valence-corrected chi connectivity index (χ1v) is 7.80. The van der Waals surface area contributed by atoms with Gasteiger partial charge in [-0.1, -0.05) is 39.8 Å². The lowest BCUT2D eigenvalue weighted by atomic mass is 10.1. The third kappa shape index (κ3) is 4.34. The molecule has 1 aromatic carbocycles. The second kappa shape index (κ2) is 6.55. The van der Waals surface area contributed by atoms with Crippen molar-refractivity contribution < 1.29 is 0 Å². The molecular weight excluding hydrogens is 320 g/mol. The Hall–Kier alpha value is -0.840. The van der Waals surface area contributed by atoms with Gasteiger partial charge in [-0.05, 0) is 49.6 Å². The predicted molar refractivity (Wildman–Crippen MR) is 84.6 cm³/mol. The van der Waals surface area contributed by atoms with Crippen molar-refractivity contribution in [1.82, 2.24) is 4.98 Å². The number of hydrogen-bond donors (Lipinski definition) is 1. The van der Waals surface area contributed by atoms with E-state index in [1.165, 1.54) is 16.0 Å². The molecule has 0 amide bonds. The molecular formula is C15H17BrN2S. The molecule has 0 bridgehead atoms. The largest absolute Gasteiger partial charge is 0.328 e. The molecule has 0 radical (unpaired) electrons. The van der Waals surface area contributed by atoms with Crippen molar-refractivity contribution in [1.29, 1.82) is 0 Å². The average molecular weight is 337 g/mol. The average Bonchev–Trinajstić information content (AvgIpc) is 2.32. The molecule has 2 N–H and O–H groups in total. The second-order valence-electron chi connectivity index (χ2n) is 4.71. The van der Waals surface area contributed by atoms with E-state index in [0.717, 1.165) is 15.9 Å². The third-order valence-electron chi connectivity index (χ3n) is 2.66. The van der Waals surface area contributed by atoms with Crippen molar-refractivity contribution in [2.45, 2.75) is 36.2 Å². The molecule has 2 rings (SSSR count). The molecule has 19 heavy (non-hydrogen) atoms. The van der Waals surface area contributed by atoms with E-state index in [1.54, 1.807) is 11.8 Å². The fraction of sp³-hybridized carbons (Fsp3) is 0.267. The van der Waals surface area contributed by atoms with E-state index in [-0.39, 0.29) is 6.04 Å². The number of benzene rings is 1. The highest BCUT2D eigenvalue weighted by molar-refractivity contribution is 9.10. The highest BCUT2D eigenvalue weighted by Gasteiger charge is 2.06. The fourth-order valence-corrected chi connectivity index (χ4v) is 3.28. The normalized spacial score (nSPS) is 12.4. The van der Waals surface area contributed by atoms with Crippen LogP contribution in [0.2, 0.25) is 0 Å². The Kier molecular flexibility index (Phi) is 5.02. The van der Waals surface area contributed by atoms with Crippen LogP contribution in [-0.2, 0) is 6.42 Å². The SMILES string of the molecule is Cc1cc(CC(C)N)cnc1Sc1cccc(Br)c1. The second-order valence-corrected chi connectivity index (χ2v) is 6.68. The maximum absolute atomic E-state index is 5.81. The van der Waals surface area contributed by atoms with Crippen molar-refractivity contribution >= 4 is 27.7 Å². The quantitative estimate of drug-likeness (QED) is 0.909. The van der Waals surface area contributed by atoms with Crippen LogP contribution in [0.25, 0.3) is 0 Å². The van der Waals surface area contributed by atoms with Crippen molar-refractivity contribution in [3.05, 3.63) is 52.1 Å². The van der Waals surface area contributed by atoms with Gasteiger partial charge in [-0.3, -0.25) is 0 Å². The molecule has 2 aromatic rings. The van der Waals surface area contributed by atoms with Crippen molar-refractivity contribution in [3.63, 3.8) is 0 Å². The first kappa shape index (κ1) is 14.6. The summed E-state index contributed by atoms with van der Waals surface area (Å²) in [6.45, 7) is 4.11. The molecule has 0 aliphatic rings. The summed E-state index contributed by atoms with van der Waals surface area (Å²) in [6.07, 6.45) is 2.80. The van der Waals surface area contributed by atoms with Gasteiger partial charge in [0.15, 0.2) is 0 Å². The summed E-state index contributed by atoms with van der Waals surface area (Å²) < 4.78 is 1.09. The van der Waals surface area contributed by atoms with Crippen LogP contribution < -0.4 is 5.73 Å². The molecule has 1 aromatic heterocycles. The summed E-state index contributed by atoms with van der Waals surface area (Å²) in [5, 5.41) is 1.05. The summed E-state index contributed by atoms with van der Waals surface area (Å²) in [7, 11) is 0. The van der Waals surface area contributed by atoms with Gasteiger partial charge < -0.3 is 5.73 Å². The summed E-state index contributed by atoms with van der Waals surface area (Å²) in [5.41, 5.74) is 8.21. The minimum atomic E-state index is 0.171. The third-order valence-corrected chi connectivity index (χ3v) is 4.26. The minimum Gasteiger partial charge on any atom is -0.328 e. The number of nitrogens with two attached hydrogens (primary N) is 1. The Labute approximate surface area is 126 Å². The Morgan fingerprint density at radius 1 is 1.37 bits per heavy atom. The first-order valence-electron chi connectivity index (χ1n) is 6.19. The van der Waals surface area contributed by atoms with Gasteiger partial charge in [0.2, 0.25) is 0 Å². The van der Waals surface area contributed by atoms with Gasteiger partial charge in [0.05, 0.1) is 0 Å². The highest BCUT2D eigenvalue weighted by atomic mass is 79.9. The van der Waals surface area contributed by atoms with Gasteiger partial charge >= 0.3 is 0 Å². The Balaban J connectivity index is 2.17. The van der Waals surface area contributed by atoms with Gasteiger partial charge in [0.1, 0.15) is 5.03 Å². The Bertz CT molecular complexity index is 570. The first-order chi connectivity index (χ1) is 9.04. The number of aromatic nitrogens is 1. The maximum Gasteiger partial charge on any atom is 0.104 e. The van der Waals surface area contributed by atoms with Gasteiger partial charge in [0.25, 0.3) is 0 Å². The van der Waals surface area contributed by atoms with Crippen LogP contribution in [-0.4, -0.2) is 11.0 Å². The van der Waals surface area contributed by atoms with E-state index in [2.05, 4.69) is 46.0 Å². The molecule has 100 valence electrons. The van der Waals surface area contributed by atoms with Gasteiger partial charge in [-0.15, -0.1) is 0 Å². The molecule has 0 saturated carbocycles. The molecule has 1 unspecified atom stereocenters. The number of rotatable bonds is 4. The standard InChI is InChI=1S/C15H17BrN2S/c1-10-6-12(7-11(2)17)9-18-15(10)19-14-5-3-4-13(16)8-14/h3-6,8-9,11H,7,17H2,1-2H3. The van der Waals surface area contributed by atoms with E-state index in [0.29, 0.717) is 0 Å². The van der Waals surface area contributed by atoms with E-state index in [4.69, 9.17) is 5.73 Å². The maximum atomic E-state index is 5.81. The molecule has 1 heterocycles. The van der Waals surface area contributed by atoms with Gasteiger partial charge in [0, 0.05) is 21.6 Å². The van der Waals surface area contributed by atoms with E-state index in [9.17, 15) is 0 Å². The van der Waals surface area contributed by atoms with Crippen LogP contribution in [0.15, 0.2) is 50.9 Å². The lowest BCUT2D eigenvalue weighted by molar-refractivity contribution is 0.733. The molecule has 0 aliphatic carbocycles. The van der Waals surface area contributed by atoms with Crippen LogP contribution in [0.1, 0.15) is 18.1 Å². The molecule has 0 spiro atoms. The van der Waals surface area contributed by atoms with Crippen LogP contribution in [0.5, 0.6) is 0 Å². The lowest BCUT2D eigenvalue weighted by Crippen LogP contribution is -2.17. The number of pyridine rings is 1. The summed E-state index contributed by atoms with van der Waals surface area (Å²) >= 11 is 5.17. The summed E-state index contributed by atoms with van der Waals surface area (Å²) in [5.74, 6) is 0. The zero-order valence-electron chi connectivity index (χ0n) is 11.1. The van der Waals surface area contributed by atoms with Crippen LogP contribution >= 0.6 is 27.7 Å². The topological polar surface area (TPSA) is 38.9 Å². The van der Waals surface area contributed by atoms with Crippen LogP contribution in [0, 0.1) is 6.92 Å². The molecule has 0 fully saturated rings. The fourth-order valence-electron chi connectivity index (χ4n) is 1.85. The van der Waals surface area contributed by atoms with Gasteiger partial charge in [-0.25, -0.2) is 4.98 Å². The molecule has 0 aliphatic heterocycles. The van der Waals surface area contributed by atoms with Crippen molar-refractivity contribution in [2.75, 3.05) is 0 Å². The molecule has 0 saturated heterocycles. The van der Waals surface area contributed by atoms with E-state index < -0.39 is 0 Å². The molecule has 1 atom stereocenters. The smallest absolute Gasteiger partial charge is 0.104 e. The Morgan fingerprint density at radius 3 is 2.79 bits per heavy atom. The Morgan fingerprint density at radius 2 is 2.16 bits per heavy atom. The van der Waals surface area contributed by atoms with E-state index in [1.807, 2.05) is 25.3 Å². The van der Waals surface area contributed by atoms with Crippen LogP contribution in [0.3, 0.4) is 0 Å². The lowest BCUT2D eigenvalue weighted by Gasteiger charge is -2.09.